The molecule has 0 aliphatic carbocycles. The van der Waals surface area contributed by atoms with E-state index in [-0.39, 0.29) is 22.6 Å². The van der Waals surface area contributed by atoms with E-state index in [0.717, 1.165) is 16.0 Å². The van der Waals surface area contributed by atoms with E-state index in [2.05, 4.69) is 10.4 Å². The molecule has 1 amide bonds. The lowest BCUT2D eigenvalue weighted by Gasteiger charge is -2.27. The van der Waals surface area contributed by atoms with Gasteiger partial charge in [-0.25, -0.2) is 4.68 Å². The number of methoxy groups -OCH3 is 1. The van der Waals surface area contributed by atoms with Crippen LogP contribution in [0.4, 0.5) is 0 Å². The summed E-state index contributed by atoms with van der Waals surface area (Å²) in [6, 6.07) is 10.5. The summed E-state index contributed by atoms with van der Waals surface area (Å²) in [4.78, 5) is 23.5. The first-order chi connectivity index (χ1) is 10.8. The number of hydrogen-bond acceptors (Lipinski definition) is 4. The molecule has 0 bridgehead atoms. The van der Waals surface area contributed by atoms with Gasteiger partial charge in [0.2, 0.25) is 0 Å². The second-order valence-electron chi connectivity index (χ2n) is 5.95. The molecule has 6 nitrogen and oxygen atoms in total. The first-order valence-electron chi connectivity index (χ1n) is 7.31. The van der Waals surface area contributed by atoms with Gasteiger partial charge in [0.1, 0.15) is 11.4 Å². The number of ether oxygens (including phenoxy) is 1. The number of carbonyl (C=O) groups excluding carboxylic acids is 1. The lowest BCUT2D eigenvalue weighted by molar-refractivity contribution is 0.0938. The molecule has 0 saturated heterocycles. The van der Waals surface area contributed by atoms with Crippen molar-refractivity contribution in [2.24, 2.45) is 7.05 Å². The number of carbonyl (C=O) groups is 1. The Kier molecular flexibility index (Phi) is 4.83. The average Bonchev–Trinajstić information content (AvgIpc) is 2.55. The molecule has 0 aliphatic heterocycles. The van der Waals surface area contributed by atoms with E-state index in [9.17, 15) is 9.59 Å². The molecule has 23 heavy (non-hydrogen) atoms. The van der Waals surface area contributed by atoms with Crippen LogP contribution >= 0.6 is 0 Å². The van der Waals surface area contributed by atoms with Crippen molar-refractivity contribution in [1.29, 1.82) is 0 Å². The first-order valence-corrected chi connectivity index (χ1v) is 7.31. The minimum absolute atomic E-state index is 0.211. The zero-order valence-corrected chi connectivity index (χ0v) is 13.8. The van der Waals surface area contributed by atoms with Crippen LogP contribution in [0.2, 0.25) is 0 Å². The number of para-hydroxylation sites is 1. The van der Waals surface area contributed by atoms with Gasteiger partial charge in [-0.3, -0.25) is 9.59 Å². The average molecular weight is 315 g/mol. The number of amides is 1. The predicted octanol–water partition coefficient (Wildman–Crippen LogP) is 1.50. The molecule has 2 rings (SSSR count). The minimum atomic E-state index is -0.317. The summed E-state index contributed by atoms with van der Waals surface area (Å²) in [6.45, 7) is 4.47. The highest BCUT2D eigenvalue weighted by molar-refractivity contribution is 5.92. The fourth-order valence-corrected chi connectivity index (χ4v) is 2.31. The molecule has 0 aliphatic rings. The van der Waals surface area contributed by atoms with Crippen molar-refractivity contribution < 1.29 is 9.53 Å². The van der Waals surface area contributed by atoms with Gasteiger partial charge in [0.15, 0.2) is 0 Å². The number of aryl methyl sites for hydroxylation is 1. The Morgan fingerprint density at radius 1 is 1.26 bits per heavy atom. The van der Waals surface area contributed by atoms with Gasteiger partial charge in [0, 0.05) is 30.6 Å². The maximum Gasteiger partial charge on any atom is 0.271 e. The Morgan fingerprint density at radius 3 is 2.61 bits per heavy atom. The topological polar surface area (TPSA) is 73.2 Å². The Hall–Kier alpha value is -2.63. The van der Waals surface area contributed by atoms with Crippen LogP contribution in [0.25, 0.3) is 0 Å². The smallest absolute Gasteiger partial charge is 0.271 e. The van der Waals surface area contributed by atoms with E-state index in [1.54, 1.807) is 7.11 Å². The van der Waals surface area contributed by atoms with E-state index in [1.165, 1.54) is 19.2 Å². The van der Waals surface area contributed by atoms with Crippen LogP contribution in [0.3, 0.4) is 0 Å². The van der Waals surface area contributed by atoms with Crippen LogP contribution in [0.1, 0.15) is 29.9 Å². The number of nitrogens with one attached hydrogen (secondary N) is 1. The first kappa shape index (κ1) is 16.7. The monoisotopic (exact) mass is 315 g/mol. The highest BCUT2D eigenvalue weighted by Crippen LogP contribution is 2.30. The van der Waals surface area contributed by atoms with Crippen molar-refractivity contribution in [1.82, 2.24) is 15.1 Å². The fourth-order valence-electron chi connectivity index (χ4n) is 2.31. The molecule has 0 saturated carbocycles. The van der Waals surface area contributed by atoms with E-state index >= 15 is 0 Å². The summed E-state index contributed by atoms with van der Waals surface area (Å²) in [5.41, 5.74) is 0.651. The fraction of sp³-hybridized carbons (Fsp3) is 0.353. The number of rotatable bonds is 5. The maximum atomic E-state index is 12.2. The minimum Gasteiger partial charge on any atom is -0.496 e. The van der Waals surface area contributed by atoms with Gasteiger partial charge in [-0.1, -0.05) is 32.0 Å². The normalized spacial score (nSPS) is 11.1. The van der Waals surface area contributed by atoms with Crippen LogP contribution in [-0.2, 0) is 12.5 Å². The van der Waals surface area contributed by atoms with Crippen molar-refractivity contribution in [3.63, 3.8) is 0 Å². The zero-order valence-electron chi connectivity index (χ0n) is 13.8. The van der Waals surface area contributed by atoms with Crippen molar-refractivity contribution in [2.45, 2.75) is 19.3 Å². The molecule has 2 aromatic rings. The Bertz CT molecular complexity index is 766. The van der Waals surface area contributed by atoms with E-state index in [1.807, 2.05) is 38.1 Å². The number of hydrogen-bond donors (Lipinski definition) is 1. The molecular weight excluding hydrogens is 294 g/mol. The second-order valence-corrected chi connectivity index (χ2v) is 5.95. The van der Waals surface area contributed by atoms with Gasteiger partial charge in [0.05, 0.1) is 7.11 Å². The van der Waals surface area contributed by atoms with E-state index in [4.69, 9.17) is 4.74 Å². The summed E-state index contributed by atoms with van der Waals surface area (Å²) in [6.07, 6.45) is 0. The molecule has 0 atom stereocenters. The van der Waals surface area contributed by atoms with Crippen molar-refractivity contribution in [3.05, 3.63) is 58.0 Å². The van der Waals surface area contributed by atoms with Crippen molar-refractivity contribution in [2.75, 3.05) is 13.7 Å². The van der Waals surface area contributed by atoms with Gasteiger partial charge < -0.3 is 10.1 Å². The van der Waals surface area contributed by atoms with Gasteiger partial charge >= 0.3 is 0 Å². The molecule has 0 fully saturated rings. The summed E-state index contributed by atoms with van der Waals surface area (Å²) in [5.74, 6) is 0.468. The van der Waals surface area contributed by atoms with Crippen LogP contribution in [0.15, 0.2) is 41.2 Å². The van der Waals surface area contributed by atoms with Crippen LogP contribution in [0.5, 0.6) is 5.75 Å². The molecule has 0 radical (unpaired) electrons. The second kappa shape index (κ2) is 6.64. The third kappa shape index (κ3) is 3.77. The van der Waals surface area contributed by atoms with Gasteiger partial charge in [-0.15, -0.1) is 0 Å². The lowest BCUT2D eigenvalue weighted by Crippen LogP contribution is -2.38. The van der Waals surface area contributed by atoms with Crippen LogP contribution < -0.4 is 15.6 Å². The van der Waals surface area contributed by atoms with Gasteiger partial charge in [-0.2, -0.15) is 5.10 Å². The van der Waals surface area contributed by atoms with Crippen LogP contribution in [-0.4, -0.2) is 29.3 Å². The number of nitrogens with zero attached hydrogens (tertiary/aromatic N) is 2. The summed E-state index contributed by atoms with van der Waals surface area (Å²) >= 11 is 0. The Balaban J connectivity index is 2.13. The summed E-state index contributed by atoms with van der Waals surface area (Å²) in [5, 5.41) is 6.81. The number of aromatic nitrogens is 2. The highest BCUT2D eigenvalue weighted by Gasteiger charge is 2.25. The molecular formula is C17H21N3O3. The zero-order chi connectivity index (χ0) is 17.0. The molecule has 1 N–H and O–H groups in total. The Labute approximate surface area is 135 Å². The SMILES string of the molecule is COc1ccccc1C(C)(C)CNC(=O)c1ccc(=O)n(C)n1. The quantitative estimate of drug-likeness (QED) is 0.907. The largest absolute Gasteiger partial charge is 0.496 e. The summed E-state index contributed by atoms with van der Waals surface area (Å²) < 4.78 is 6.53. The molecule has 0 spiro atoms. The predicted molar refractivity (Wildman–Crippen MR) is 87.8 cm³/mol. The van der Waals surface area contributed by atoms with Crippen LogP contribution in [0, 0.1) is 0 Å². The molecule has 6 heteroatoms. The third-order valence-corrected chi connectivity index (χ3v) is 3.72. The maximum absolute atomic E-state index is 12.2. The molecule has 1 heterocycles. The summed E-state index contributed by atoms with van der Waals surface area (Å²) in [7, 11) is 3.14. The van der Waals surface area contributed by atoms with Crippen molar-refractivity contribution >= 4 is 5.91 Å². The van der Waals surface area contributed by atoms with E-state index in [0.29, 0.717) is 6.54 Å². The third-order valence-electron chi connectivity index (χ3n) is 3.72. The van der Waals surface area contributed by atoms with Gasteiger partial charge in [-0.05, 0) is 12.1 Å². The highest BCUT2D eigenvalue weighted by atomic mass is 16.5. The molecule has 1 aromatic heterocycles. The van der Waals surface area contributed by atoms with Gasteiger partial charge in [0.25, 0.3) is 11.5 Å². The lowest BCUT2D eigenvalue weighted by atomic mass is 9.84. The van der Waals surface area contributed by atoms with E-state index < -0.39 is 0 Å². The molecule has 0 unspecified atom stereocenters. The Morgan fingerprint density at radius 2 is 1.96 bits per heavy atom. The number of benzene rings is 1. The molecule has 122 valence electrons. The molecule has 1 aromatic carbocycles. The van der Waals surface area contributed by atoms with Crippen molar-refractivity contribution in [3.8, 4) is 5.75 Å². The standard InChI is InChI=1S/C17H21N3O3/c1-17(2,12-7-5-6-8-14(12)23-4)11-18-16(22)13-9-10-15(21)20(3)19-13/h5-10H,11H2,1-4H3,(H,18,22).